The third-order valence-corrected chi connectivity index (χ3v) is 8.69. The zero-order chi connectivity index (χ0) is 30.4. The second kappa shape index (κ2) is 11.0. The van der Waals surface area contributed by atoms with E-state index in [0.717, 1.165) is 44.6 Å². The molecule has 4 amide bonds. The van der Waals surface area contributed by atoms with Gasteiger partial charge in [0, 0.05) is 29.6 Å². The van der Waals surface area contributed by atoms with Gasteiger partial charge in [0.25, 0.3) is 11.8 Å². The number of carbonyl (C=O) groups excluding carboxylic acids is 3. The number of fused-ring (bicyclic) bond motifs is 4. The maximum atomic E-state index is 14.3. The number of methoxy groups -OCH3 is 1. The summed E-state index contributed by atoms with van der Waals surface area (Å²) in [6.45, 7) is 2.42. The average molecular weight is 585 g/mol. The van der Waals surface area contributed by atoms with Crippen molar-refractivity contribution in [2.75, 3.05) is 18.6 Å². The first-order valence-corrected chi connectivity index (χ1v) is 14.8. The number of para-hydroxylation sites is 2. The van der Waals surface area contributed by atoms with Crippen molar-refractivity contribution >= 4 is 34.4 Å². The fourth-order valence-corrected chi connectivity index (χ4v) is 6.46. The molecule has 2 atom stereocenters. The highest BCUT2D eigenvalue weighted by atomic mass is 16.5. The molecule has 0 spiro atoms. The van der Waals surface area contributed by atoms with Gasteiger partial charge in [-0.2, -0.15) is 0 Å². The van der Waals surface area contributed by atoms with Gasteiger partial charge >= 0.3 is 6.03 Å². The summed E-state index contributed by atoms with van der Waals surface area (Å²) in [6.07, 6.45) is 1.01. The molecule has 44 heavy (non-hydrogen) atoms. The van der Waals surface area contributed by atoms with Crippen LogP contribution in [0.2, 0.25) is 0 Å². The molecule has 0 saturated carbocycles. The van der Waals surface area contributed by atoms with Gasteiger partial charge in [0.15, 0.2) is 0 Å². The minimum absolute atomic E-state index is 0.277. The molecule has 2 aliphatic rings. The first kappa shape index (κ1) is 27.5. The molecule has 0 radical (unpaired) electrons. The summed E-state index contributed by atoms with van der Waals surface area (Å²) in [4.78, 5) is 48.4. The molecule has 1 fully saturated rings. The maximum absolute atomic E-state index is 14.3. The topological polar surface area (TPSA) is 94.7 Å². The summed E-state index contributed by atoms with van der Waals surface area (Å²) < 4.78 is 5.22. The number of hydrogen-bond acceptors (Lipinski definition) is 4. The van der Waals surface area contributed by atoms with Crippen molar-refractivity contribution in [3.05, 3.63) is 131 Å². The zero-order valence-corrected chi connectivity index (χ0v) is 24.5. The summed E-state index contributed by atoms with van der Waals surface area (Å²) in [5, 5.41) is 4.01. The number of H-pyrrole nitrogens is 1. The van der Waals surface area contributed by atoms with E-state index in [9.17, 15) is 14.4 Å². The Labute approximate surface area is 255 Å². The Kier molecular flexibility index (Phi) is 6.89. The number of benzene rings is 4. The fourth-order valence-electron chi connectivity index (χ4n) is 6.46. The Morgan fingerprint density at radius 1 is 0.932 bits per heavy atom. The molecule has 0 bridgehead atoms. The summed E-state index contributed by atoms with van der Waals surface area (Å²) in [5.74, 6) is 0.0976. The smallest absolute Gasteiger partial charge is 0.332 e. The van der Waals surface area contributed by atoms with Crippen LogP contribution < -0.4 is 15.0 Å². The molecule has 8 heteroatoms. The van der Waals surface area contributed by atoms with E-state index in [1.54, 1.807) is 36.3 Å². The van der Waals surface area contributed by atoms with Gasteiger partial charge in [0.1, 0.15) is 17.8 Å². The van der Waals surface area contributed by atoms with Gasteiger partial charge < -0.3 is 15.0 Å². The number of anilines is 1. The standard InChI is InChI=1S/C36H32N4O4/c1-22-11-15-24(16-12-22)33-32-28(26-7-3-5-9-29(26)38-32)21-31-35(42)40(36(43)39(31)33)30-10-6-4-8-27(30)34(41)37-20-19-23-13-17-25(44-2)18-14-23/h3-18,31,33,38H,19-21H2,1-2H3,(H,37,41). The minimum Gasteiger partial charge on any atom is -0.497 e. The Hall–Kier alpha value is -5.37. The van der Waals surface area contributed by atoms with Gasteiger partial charge in [-0.1, -0.05) is 72.3 Å². The van der Waals surface area contributed by atoms with Crippen LogP contribution in [-0.4, -0.2) is 47.4 Å². The zero-order valence-electron chi connectivity index (χ0n) is 24.5. The molecule has 4 aromatic carbocycles. The Bertz CT molecular complexity index is 1890. The van der Waals surface area contributed by atoms with Gasteiger partial charge in [0.05, 0.1) is 18.4 Å². The number of aromatic nitrogens is 1. The van der Waals surface area contributed by atoms with E-state index in [1.807, 2.05) is 73.7 Å². The molecule has 2 unspecified atom stereocenters. The van der Waals surface area contributed by atoms with Gasteiger partial charge in [-0.15, -0.1) is 0 Å². The van der Waals surface area contributed by atoms with E-state index in [2.05, 4.69) is 16.4 Å². The number of ether oxygens (including phenoxy) is 1. The highest BCUT2D eigenvalue weighted by Crippen LogP contribution is 2.45. The lowest BCUT2D eigenvalue weighted by Crippen LogP contribution is -2.44. The number of aryl methyl sites for hydroxylation is 1. The van der Waals surface area contributed by atoms with Crippen molar-refractivity contribution in [1.82, 2.24) is 15.2 Å². The molecule has 3 heterocycles. The predicted molar refractivity (Wildman–Crippen MR) is 169 cm³/mol. The van der Waals surface area contributed by atoms with Crippen molar-refractivity contribution in [3.8, 4) is 5.75 Å². The molecule has 5 aromatic rings. The second-order valence-corrected chi connectivity index (χ2v) is 11.3. The molecule has 7 rings (SSSR count). The third-order valence-electron chi connectivity index (χ3n) is 8.69. The lowest BCUT2D eigenvalue weighted by Gasteiger charge is -2.36. The van der Waals surface area contributed by atoms with Crippen molar-refractivity contribution in [1.29, 1.82) is 0 Å². The normalized spacial score (nSPS) is 17.5. The Morgan fingerprint density at radius 2 is 1.66 bits per heavy atom. The Morgan fingerprint density at radius 3 is 2.43 bits per heavy atom. The monoisotopic (exact) mass is 584 g/mol. The Balaban J connectivity index is 1.21. The molecule has 2 N–H and O–H groups in total. The van der Waals surface area contributed by atoms with E-state index < -0.39 is 18.1 Å². The van der Waals surface area contributed by atoms with Crippen molar-refractivity contribution < 1.29 is 19.1 Å². The van der Waals surface area contributed by atoms with Crippen molar-refractivity contribution in [3.63, 3.8) is 0 Å². The predicted octanol–water partition coefficient (Wildman–Crippen LogP) is 5.94. The highest BCUT2D eigenvalue weighted by molar-refractivity contribution is 6.24. The first-order valence-electron chi connectivity index (χ1n) is 14.8. The number of hydrogen-bond donors (Lipinski definition) is 2. The number of nitrogens with one attached hydrogen (secondary N) is 2. The van der Waals surface area contributed by atoms with Crippen LogP contribution in [0, 0.1) is 6.92 Å². The van der Waals surface area contributed by atoms with Gasteiger partial charge in [-0.05, 0) is 60.4 Å². The second-order valence-electron chi connectivity index (χ2n) is 11.3. The average Bonchev–Trinajstić information content (AvgIpc) is 3.54. The van der Waals surface area contributed by atoms with Gasteiger partial charge in [-0.25, -0.2) is 9.69 Å². The van der Waals surface area contributed by atoms with Gasteiger partial charge in [0.2, 0.25) is 0 Å². The molecule has 2 aliphatic heterocycles. The lowest BCUT2D eigenvalue weighted by molar-refractivity contribution is -0.120. The van der Waals surface area contributed by atoms with Gasteiger partial charge in [-0.3, -0.25) is 14.5 Å². The van der Waals surface area contributed by atoms with Crippen LogP contribution in [-0.2, 0) is 17.6 Å². The summed E-state index contributed by atoms with van der Waals surface area (Å²) in [6, 6.07) is 29.0. The molecule has 1 saturated heterocycles. The van der Waals surface area contributed by atoms with E-state index in [-0.39, 0.29) is 23.1 Å². The van der Waals surface area contributed by atoms with Crippen LogP contribution in [0.4, 0.5) is 10.5 Å². The summed E-state index contributed by atoms with van der Waals surface area (Å²) in [7, 11) is 1.62. The molecule has 220 valence electrons. The van der Waals surface area contributed by atoms with Crippen molar-refractivity contribution in [2.24, 2.45) is 0 Å². The number of amides is 4. The number of nitrogens with zero attached hydrogens (tertiary/aromatic N) is 2. The van der Waals surface area contributed by atoms with Crippen LogP contribution in [0.1, 0.15) is 44.3 Å². The molecular weight excluding hydrogens is 552 g/mol. The van der Waals surface area contributed by atoms with Crippen LogP contribution in [0.3, 0.4) is 0 Å². The van der Waals surface area contributed by atoms with Crippen LogP contribution in [0.25, 0.3) is 10.9 Å². The largest absolute Gasteiger partial charge is 0.497 e. The number of rotatable bonds is 7. The lowest BCUT2D eigenvalue weighted by atomic mass is 9.88. The fraction of sp³-hybridized carbons (Fsp3) is 0.194. The number of imide groups is 1. The quantitative estimate of drug-likeness (QED) is 0.232. The number of urea groups is 1. The highest BCUT2D eigenvalue weighted by Gasteiger charge is 2.53. The molecule has 8 nitrogen and oxygen atoms in total. The molecule has 0 aliphatic carbocycles. The SMILES string of the molecule is COc1ccc(CCNC(=O)c2ccccc2N2C(=O)C3Cc4c([nH]c5ccccc45)C(c4ccc(C)cc4)N3C2=O)cc1. The van der Waals surface area contributed by atoms with E-state index >= 15 is 0 Å². The number of carbonyl (C=O) groups is 3. The first-order chi connectivity index (χ1) is 21.4. The van der Waals surface area contributed by atoms with Crippen molar-refractivity contribution in [2.45, 2.75) is 31.8 Å². The van der Waals surface area contributed by atoms with Crippen LogP contribution >= 0.6 is 0 Å². The number of aromatic amines is 1. The molecular formula is C36H32N4O4. The minimum atomic E-state index is -0.702. The third kappa shape index (κ3) is 4.59. The summed E-state index contributed by atoms with van der Waals surface area (Å²) >= 11 is 0. The summed E-state index contributed by atoms with van der Waals surface area (Å²) in [5.41, 5.74) is 6.58. The maximum Gasteiger partial charge on any atom is 0.332 e. The van der Waals surface area contributed by atoms with E-state index in [1.165, 1.54) is 4.90 Å². The van der Waals surface area contributed by atoms with Crippen LogP contribution in [0.5, 0.6) is 5.75 Å². The van der Waals surface area contributed by atoms with E-state index in [0.29, 0.717) is 19.4 Å². The van der Waals surface area contributed by atoms with Crippen LogP contribution in [0.15, 0.2) is 97.1 Å². The molecule has 1 aromatic heterocycles. The van der Waals surface area contributed by atoms with E-state index in [4.69, 9.17) is 4.74 Å².